The molecule has 1 unspecified atom stereocenters. The zero-order valence-electron chi connectivity index (χ0n) is 22.0. The summed E-state index contributed by atoms with van der Waals surface area (Å²) in [6, 6.07) is 14.3. The average molecular weight is 599 g/mol. The molecule has 0 saturated carbocycles. The van der Waals surface area contributed by atoms with Crippen molar-refractivity contribution in [2.45, 2.75) is 24.7 Å². The van der Waals surface area contributed by atoms with Gasteiger partial charge in [0.25, 0.3) is 0 Å². The molecule has 9 nitrogen and oxygen atoms in total. The van der Waals surface area contributed by atoms with Crippen molar-refractivity contribution in [2.24, 2.45) is 0 Å². The van der Waals surface area contributed by atoms with Gasteiger partial charge in [-0.3, -0.25) is 9.36 Å². The molecule has 1 amide bonds. The van der Waals surface area contributed by atoms with E-state index in [0.29, 0.717) is 38.9 Å². The number of nitrogens with one attached hydrogen (secondary N) is 1. The number of carbonyl (C=O) groups is 2. The predicted octanol–water partition coefficient (Wildman–Crippen LogP) is 6.51. The van der Waals surface area contributed by atoms with E-state index >= 15 is 0 Å². The van der Waals surface area contributed by atoms with Crippen LogP contribution in [0.25, 0.3) is 11.1 Å². The summed E-state index contributed by atoms with van der Waals surface area (Å²) < 4.78 is 18.1. The Kier molecular flexibility index (Phi) is 9.86. The first kappa shape index (κ1) is 29.2. The Balaban J connectivity index is 1.46. The Hall–Kier alpha value is -3.80. The molecule has 4 aromatic rings. The number of nitrogens with zero attached hydrogens (tertiary/aromatic N) is 3. The van der Waals surface area contributed by atoms with Gasteiger partial charge in [0, 0.05) is 22.5 Å². The largest absolute Gasteiger partial charge is 0.497 e. The van der Waals surface area contributed by atoms with Crippen LogP contribution in [0, 0.1) is 0 Å². The van der Waals surface area contributed by atoms with Gasteiger partial charge in [-0.05, 0) is 48.9 Å². The van der Waals surface area contributed by atoms with Crippen molar-refractivity contribution < 1.29 is 23.8 Å². The van der Waals surface area contributed by atoms with E-state index in [1.54, 1.807) is 30.7 Å². The smallest absolute Gasteiger partial charge is 0.341 e. The molecule has 1 atom stereocenters. The van der Waals surface area contributed by atoms with Crippen molar-refractivity contribution in [2.75, 3.05) is 25.3 Å². The van der Waals surface area contributed by atoms with Gasteiger partial charge in [-0.2, -0.15) is 0 Å². The van der Waals surface area contributed by atoms with Crippen LogP contribution in [0.3, 0.4) is 0 Å². The van der Waals surface area contributed by atoms with Gasteiger partial charge in [0.2, 0.25) is 5.91 Å². The van der Waals surface area contributed by atoms with Crippen molar-refractivity contribution in [3.63, 3.8) is 0 Å². The second-order valence-corrected chi connectivity index (χ2v) is 10.6. The number of carbonyl (C=O) groups excluding carboxylic acids is 2. The average Bonchev–Trinajstić information content (AvgIpc) is 3.56. The number of ether oxygens (including phenoxy) is 3. The van der Waals surface area contributed by atoms with Crippen molar-refractivity contribution >= 4 is 51.6 Å². The summed E-state index contributed by atoms with van der Waals surface area (Å²) >= 11 is 8.47. The summed E-state index contributed by atoms with van der Waals surface area (Å²) in [5.74, 6) is 1.17. The molecule has 0 radical (unpaired) electrons. The lowest BCUT2D eigenvalue weighted by molar-refractivity contribution is -0.113. The summed E-state index contributed by atoms with van der Waals surface area (Å²) in [6.45, 7) is 6.14. The number of anilines is 1. The van der Waals surface area contributed by atoms with Crippen molar-refractivity contribution in [3.05, 3.63) is 83.0 Å². The number of allylic oxidation sites excluding steroid dienone is 1. The minimum Gasteiger partial charge on any atom is -0.497 e. The zero-order chi connectivity index (χ0) is 28.6. The molecule has 208 valence electrons. The minimum absolute atomic E-state index is 0.0395. The molecule has 0 fully saturated rings. The first-order chi connectivity index (χ1) is 19.3. The molecule has 2 heterocycles. The second-order valence-electron chi connectivity index (χ2n) is 8.36. The molecule has 12 heteroatoms. The first-order valence-corrected chi connectivity index (χ1v) is 14.3. The van der Waals surface area contributed by atoms with Gasteiger partial charge >= 0.3 is 5.97 Å². The molecule has 0 aliphatic heterocycles. The van der Waals surface area contributed by atoms with Crippen molar-refractivity contribution in [1.82, 2.24) is 14.8 Å². The molecular weight excluding hydrogens is 572 g/mol. The molecule has 4 rings (SSSR count). The number of thiophene rings is 1. The van der Waals surface area contributed by atoms with E-state index in [1.165, 1.54) is 30.2 Å². The highest BCUT2D eigenvalue weighted by atomic mass is 35.5. The van der Waals surface area contributed by atoms with Crippen LogP contribution in [0.4, 0.5) is 5.00 Å². The fourth-order valence-electron chi connectivity index (χ4n) is 3.81. The van der Waals surface area contributed by atoms with E-state index in [-0.39, 0.29) is 17.2 Å². The van der Waals surface area contributed by atoms with Gasteiger partial charge < -0.3 is 19.5 Å². The number of methoxy groups -OCH3 is 2. The highest BCUT2D eigenvalue weighted by Crippen LogP contribution is 2.37. The third-order valence-corrected chi connectivity index (χ3v) is 7.83. The molecular formula is C28H27ClN4O5S2. The van der Waals surface area contributed by atoms with E-state index in [0.717, 1.165) is 11.3 Å². The number of amides is 1. The maximum Gasteiger partial charge on any atom is 0.341 e. The Morgan fingerprint density at radius 1 is 1.12 bits per heavy atom. The molecule has 2 aromatic carbocycles. The number of esters is 1. The van der Waals surface area contributed by atoms with E-state index in [1.807, 2.05) is 47.9 Å². The van der Waals surface area contributed by atoms with Crippen molar-refractivity contribution in [1.29, 1.82) is 0 Å². The molecule has 2 aromatic heterocycles. The third-order valence-electron chi connectivity index (χ3n) is 5.71. The van der Waals surface area contributed by atoms with Crippen LogP contribution in [0.1, 0.15) is 29.2 Å². The summed E-state index contributed by atoms with van der Waals surface area (Å²) in [7, 11) is 2.91. The van der Waals surface area contributed by atoms with Gasteiger partial charge in [-0.15, -0.1) is 28.1 Å². The number of hydrogen-bond acceptors (Lipinski definition) is 9. The number of thioether (sulfide) groups is 1. The number of aromatic nitrogens is 3. The summed E-state index contributed by atoms with van der Waals surface area (Å²) in [5.41, 5.74) is 1.72. The lowest BCUT2D eigenvalue weighted by Crippen LogP contribution is -2.17. The summed E-state index contributed by atoms with van der Waals surface area (Å²) in [6.07, 6.45) is 1.31. The Morgan fingerprint density at radius 3 is 2.48 bits per heavy atom. The fraction of sp³-hybridized carbons (Fsp3) is 0.214. The van der Waals surface area contributed by atoms with Crippen LogP contribution in [0.2, 0.25) is 5.02 Å². The summed E-state index contributed by atoms with van der Waals surface area (Å²) in [4.78, 5) is 25.6. The Morgan fingerprint density at radius 2 is 1.82 bits per heavy atom. The molecule has 40 heavy (non-hydrogen) atoms. The molecule has 0 aliphatic rings. The van der Waals surface area contributed by atoms with Crippen LogP contribution in [0.15, 0.2) is 71.7 Å². The van der Waals surface area contributed by atoms with Crippen molar-refractivity contribution in [3.8, 4) is 22.6 Å². The molecule has 1 N–H and O–H groups in total. The van der Waals surface area contributed by atoms with Crippen LogP contribution < -0.4 is 14.8 Å². The Bertz CT molecular complexity index is 1490. The second kappa shape index (κ2) is 13.5. The van der Waals surface area contributed by atoms with Gasteiger partial charge in [-0.1, -0.05) is 41.6 Å². The maximum atomic E-state index is 12.9. The lowest BCUT2D eigenvalue weighted by Gasteiger charge is -2.16. The molecule has 0 saturated heterocycles. The standard InChI is InChI=1S/C28H27ClN4O5S2/c1-5-14-33-25(17(2)38-21-12-10-20(36-3)11-13-21)31-32-28(33)40-16-23(34)30-26-24(27(35)37-4)22(15-39-26)18-6-8-19(29)9-7-18/h5-13,15,17H,1,14,16H2,2-4H3,(H,30,34). The van der Waals surface area contributed by atoms with E-state index < -0.39 is 12.1 Å². The highest BCUT2D eigenvalue weighted by Gasteiger charge is 2.24. The fourth-order valence-corrected chi connectivity index (χ4v) is 5.66. The first-order valence-electron chi connectivity index (χ1n) is 12.1. The predicted molar refractivity (Wildman–Crippen MR) is 158 cm³/mol. The van der Waals surface area contributed by atoms with Gasteiger partial charge in [0.15, 0.2) is 17.1 Å². The molecule has 0 spiro atoms. The highest BCUT2D eigenvalue weighted by molar-refractivity contribution is 7.99. The maximum absolute atomic E-state index is 12.9. The van der Waals surface area contributed by atoms with Gasteiger partial charge in [0.05, 0.1) is 20.0 Å². The number of benzene rings is 2. The minimum atomic E-state index is -0.546. The molecule has 0 aliphatic carbocycles. The third kappa shape index (κ3) is 6.85. The van der Waals surface area contributed by atoms with Crippen LogP contribution in [-0.2, 0) is 16.1 Å². The van der Waals surface area contributed by atoms with Gasteiger partial charge in [0.1, 0.15) is 22.1 Å². The number of rotatable bonds is 12. The normalized spacial score (nSPS) is 11.5. The molecule has 0 bridgehead atoms. The van der Waals surface area contributed by atoms with Crippen LogP contribution >= 0.6 is 34.7 Å². The summed E-state index contributed by atoms with van der Waals surface area (Å²) in [5, 5.41) is 14.8. The SMILES string of the molecule is C=CCn1c(SCC(=O)Nc2scc(-c3ccc(Cl)cc3)c2C(=O)OC)nnc1C(C)Oc1ccc(OC)cc1. The monoisotopic (exact) mass is 598 g/mol. The quantitative estimate of drug-likeness (QED) is 0.112. The lowest BCUT2D eigenvalue weighted by atomic mass is 10.0. The van der Waals surface area contributed by atoms with E-state index in [9.17, 15) is 9.59 Å². The van der Waals surface area contributed by atoms with E-state index in [4.69, 9.17) is 25.8 Å². The van der Waals surface area contributed by atoms with Crippen LogP contribution in [0.5, 0.6) is 11.5 Å². The topological polar surface area (TPSA) is 105 Å². The van der Waals surface area contributed by atoms with Gasteiger partial charge in [-0.25, -0.2) is 4.79 Å². The number of halogens is 1. The zero-order valence-corrected chi connectivity index (χ0v) is 24.4. The number of hydrogen-bond donors (Lipinski definition) is 1. The van der Waals surface area contributed by atoms with Crippen LogP contribution in [-0.4, -0.2) is 46.6 Å². The Labute approximate surface area is 245 Å². The van der Waals surface area contributed by atoms with E-state index in [2.05, 4.69) is 22.1 Å².